The fourth-order valence-electron chi connectivity index (χ4n) is 4.20. The Bertz CT molecular complexity index is 942. The van der Waals surface area contributed by atoms with E-state index in [1.165, 1.54) is 18.2 Å². The molecule has 0 radical (unpaired) electrons. The van der Waals surface area contributed by atoms with E-state index in [0.29, 0.717) is 11.7 Å². The van der Waals surface area contributed by atoms with Crippen molar-refractivity contribution in [3.63, 3.8) is 0 Å². The van der Waals surface area contributed by atoms with Crippen LogP contribution in [0.3, 0.4) is 0 Å². The van der Waals surface area contributed by atoms with Crippen molar-refractivity contribution in [2.75, 3.05) is 39.8 Å². The Morgan fingerprint density at radius 3 is 2.66 bits per heavy atom. The molecule has 0 aliphatic carbocycles. The van der Waals surface area contributed by atoms with E-state index in [1.807, 2.05) is 20.0 Å². The first kappa shape index (κ1) is 20.0. The van der Waals surface area contributed by atoms with E-state index < -0.39 is 5.41 Å². The second-order valence-electron chi connectivity index (χ2n) is 8.38. The molecule has 0 bridgehead atoms. The maximum Gasteiger partial charge on any atom is 0.312 e. The lowest BCUT2D eigenvalue weighted by Crippen LogP contribution is -2.49. The standard InChI is InChI=1S/C22H27ClN4O2/c1-22(2,21(28)29-3)15-25-8-10-26(11-9-25)18-12-16-6-4-5-7-17(16)13-27-14-19(23)24-20(18)27/h4-7,12,14H,8-11,13,15H2,1-3H3. The van der Waals surface area contributed by atoms with Gasteiger partial charge in [-0.2, -0.15) is 0 Å². The van der Waals surface area contributed by atoms with E-state index in [4.69, 9.17) is 16.3 Å². The molecule has 1 saturated heterocycles. The highest BCUT2D eigenvalue weighted by Gasteiger charge is 2.33. The molecular weight excluding hydrogens is 388 g/mol. The maximum absolute atomic E-state index is 12.0. The molecule has 1 aromatic heterocycles. The zero-order chi connectivity index (χ0) is 20.6. The molecule has 29 heavy (non-hydrogen) atoms. The molecule has 0 atom stereocenters. The molecule has 6 nitrogen and oxygen atoms in total. The fourth-order valence-corrected chi connectivity index (χ4v) is 4.40. The summed E-state index contributed by atoms with van der Waals surface area (Å²) < 4.78 is 7.08. The molecule has 0 spiro atoms. The van der Waals surface area contributed by atoms with Crippen LogP contribution in [0.5, 0.6) is 0 Å². The summed E-state index contributed by atoms with van der Waals surface area (Å²) in [4.78, 5) is 21.3. The number of methoxy groups -OCH3 is 1. The summed E-state index contributed by atoms with van der Waals surface area (Å²) in [6.07, 6.45) is 4.13. The SMILES string of the molecule is COC(=O)C(C)(C)CN1CCN(C2=Cc3ccccc3Cn3cc(Cl)nc32)CC1. The van der Waals surface area contributed by atoms with Gasteiger partial charge >= 0.3 is 5.97 Å². The highest BCUT2D eigenvalue weighted by molar-refractivity contribution is 6.29. The topological polar surface area (TPSA) is 50.6 Å². The summed E-state index contributed by atoms with van der Waals surface area (Å²) in [6, 6.07) is 8.44. The highest BCUT2D eigenvalue weighted by Crippen LogP contribution is 2.30. The molecule has 0 N–H and O–H groups in total. The number of benzene rings is 1. The Labute approximate surface area is 176 Å². The van der Waals surface area contributed by atoms with Crippen LogP contribution in [-0.2, 0) is 16.1 Å². The minimum atomic E-state index is -0.513. The number of hydrogen-bond donors (Lipinski definition) is 0. The summed E-state index contributed by atoms with van der Waals surface area (Å²) >= 11 is 6.24. The average Bonchev–Trinajstić information content (AvgIpc) is 2.99. The Hall–Kier alpha value is -2.31. The third kappa shape index (κ3) is 4.05. The predicted octanol–water partition coefficient (Wildman–Crippen LogP) is 3.21. The molecule has 7 heteroatoms. The van der Waals surface area contributed by atoms with E-state index in [-0.39, 0.29) is 5.97 Å². The van der Waals surface area contributed by atoms with Gasteiger partial charge in [0.05, 0.1) is 18.2 Å². The van der Waals surface area contributed by atoms with E-state index in [0.717, 1.165) is 44.2 Å². The van der Waals surface area contributed by atoms with Gasteiger partial charge in [0.25, 0.3) is 0 Å². The number of carbonyl (C=O) groups is 1. The van der Waals surface area contributed by atoms with Crippen molar-refractivity contribution in [3.8, 4) is 0 Å². The molecule has 3 heterocycles. The van der Waals surface area contributed by atoms with Crippen molar-refractivity contribution in [2.24, 2.45) is 5.41 Å². The number of esters is 1. The molecule has 0 saturated carbocycles. The summed E-state index contributed by atoms with van der Waals surface area (Å²) in [6.45, 7) is 8.84. The Morgan fingerprint density at radius 1 is 1.21 bits per heavy atom. The van der Waals surface area contributed by atoms with Gasteiger partial charge in [-0.15, -0.1) is 0 Å². The largest absolute Gasteiger partial charge is 0.469 e. The van der Waals surface area contributed by atoms with Crippen LogP contribution in [0.1, 0.15) is 30.8 Å². The zero-order valence-corrected chi connectivity index (χ0v) is 17.9. The molecule has 1 aromatic carbocycles. The molecular formula is C22H27ClN4O2. The normalized spacial score (nSPS) is 17.2. The predicted molar refractivity (Wildman–Crippen MR) is 114 cm³/mol. The van der Waals surface area contributed by atoms with E-state index >= 15 is 0 Å². The number of aromatic nitrogens is 2. The minimum absolute atomic E-state index is 0.167. The third-order valence-electron chi connectivity index (χ3n) is 5.73. The molecule has 154 valence electrons. The quantitative estimate of drug-likeness (QED) is 0.719. The minimum Gasteiger partial charge on any atom is -0.469 e. The van der Waals surface area contributed by atoms with Crippen LogP contribution < -0.4 is 0 Å². The van der Waals surface area contributed by atoms with Crippen molar-refractivity contribution >= 4 is 29.3 Å². The number of nitrogens with zero attached hydrogens (tertiary/aromatic N) is 4. The summed E-state index contributed by atoms with van der Waals surface area (Å²) in [7, 11) is 1.45. The summed E-state index contributed by atoms with van der Waals surface area (Å²) in [5.74, 6) is 0.745. The smallest absolute Gasteiger partial charge is 0.312 e. The van der Waals surface area contributed by atoms with Gasteiger partial charge in [-0.05, 0) is 31.1 Å². The lowest BCUT2D eigenvalue weighted by atomic mass is 9.92. The number of hydrogen-bond acceptors (Lipinski definition) is 5. The van der Waals surface area contributed by atoms with E-state index in [1.54, 1.807) is 0 Å². The zero-order valence-electron chi connectivity index (χ0n) is 17.2. The molecule has 4 rings (SSSR count). The van der Waals surface area contributed by atoms with Crippen LogP contribution in [0, 0.1) is 5.41 Å². The van der Waals surface area contributed by atoms with Crippen molar-refractivity contribution in [2.45, 2.75) is 20.4 Å². The first-order valence-electron chi connectivity index (χ1n) is 9.96. The highest BCUT2D eigenvalue weighted by atomic mass is 35.5. The molecule has 2 aliphatic heterocycles. The molecule has 0 amide bonds. The number of rotatable bonds is 4. The van der Waals surface area contributed by atoms with Crippen LogP contribution in [0.15, 0.2) is 30.5 Å². The molecule has 0 unspecified atom stereocenters. The van der Waals surface area contributed by atoms with Gasteiger partial charge < -0.3 is 14.2 Å². The van der Waals surface area contributed by atoms with Crippen molar-refractivity contribution in [3.05, 3.63) is 52.6 Å². The first-order valence-corrected chi connectivity index (χ1v) is 10.3. The lowest BCUT2D eigenvalue weighted by molar-refractivity contribution is -0.152. The Morgan fingerprint density at radius 2 is 1.93 bits per heavy atom. The average molecular weight is 415 g/mol. The number of piperazine rings is 1. The number of ether oxygens (including phenoxy) is 1. The van der Waals surface area contributed by atoms with Gasteiger partial charge in [0, 0.05) is 45.5 Å². The molecule has 1 fully saturated rings. The van der Waals surface area contributed by atoms with Crippen LogP contribution in [0.4, 0.5) is 0 Å². The van der Waals surface area contributed by atoms with E-state index in [2.05, 4.69) is 49.7 Å². The van der Waals surface area contributed by atoms with E-state index in [9.17, 15) is 4.79 Å². The van der Waals surface area contributed by atoms with Gasteiger partial charge in [-0.25, -0.2) is 4.98 Å². The van der Waals surface area contributed by atoms with Gasteiger partial charge in [0.1, 0.15) is 5.15 Å². The van der Waals surface area contributed by atoms with Crippen molar-refractivity contribution in [1.29, 1.82) is 0 Å². The Kier molecular flexibility index (Phi) is 5.40. The van der Waals surface area contributed by atoms with Crippen LogP contribution >= 0.6 is 11.6 Å². The first-order chi connectivity index (χ1) is 13.9. The van der Waals surface area contributed by atoms with Crippen molar-refractivity contribution < 1.29 is 9.53 Å². The third-order valence-corrected chi connectivity index (χ3v) is 5.92. The fraction of sp³-hybridized carbons (Fsp3) is 0.455. The van der Waals surface area contributed by atoms with Gasteiger partial charge in [0.15, 0.2) is 5.82 Å². The number of fused-ring (bicyclic) bond motifs is 2. The van der Waals surface area contributed by atoms with Crippen LogP contribution in [-0.4, -0.2) is 65.2 Å². The lowest BCUT2D eigenvalue weighted by Gasteiger charge is -2.39. The van der Waals surface area contributed by atoms with Gasteiger partial charge in [0.2, 0.25) is 0 Å². The van der Waals surface area contributed by atoms with Gasteiger partial charge in [-0.3, -0.25) is 9.69 Å². The maximum atomic E-state index is 12.0. The number of halogens is 1. The summed E-state index contributed by atoms with van der Waals surface area (Å²) in [5, 5.41) is 0.517. The van der Waals surface area contributed by atoms with Crippen molar-refractivity contribution in [1.82, 2.24) is 19.4 Å². The van der Waals surface area contributed by atoms with Gasteiger partial charge in [-0.1, -0.05) is 35.9 Å². The monoisotopic (exact) mass is 414 g/mol. The number of imidazole rings is 1. The van der Waals surface area contributed by atoms with Crippen LogP contribution in [0.25, 0.3) is 11.8 Å². The second kappa shape index (κ2) is 7.84. The second-order valence-corrected chi connectivity index (χ2v) is 8.77. The number of carbonyl (C=O) groups excluding carboxylic acids is 1. The summed E-state index contributed by atoms with van der Waals surface area (Å²) in [5.41, 5.74) is 3.07. The molecule has 2 aromatic rings. The Balaban J connectivity index is 1.54. The molecule has 2 aliphatic rings. The van der Waals surface area contributed by atoms with Crippen LogP contribution in [0.2, 0.25) is 5.15 Å².